The average Bonchev–Trinajstić information content (AvgIpc) is 2.41. The van der Waals surface area contributed by atoms with Crippen molar-refractivity contribution in [2.75, 3.05) is 6.61 Å². The second-order valence-corrected chi connectivity index (χ2v) is 4.51. The molecule has 0 aliphatic heterocycles. The molecular formula is C14H10BrFO2. The summed E-state index contributed by atoms with van der Waals surface area (Å²) < 4.78 is 18.8. The average molecular weight is 309 g/mol. The highest BCUT2D eigenvalue weighted by molar-refractivity contribution is 9.10. The van der Waals surface area contributed by atoms with Crippen molar-refractivity contribution >= 4 is 21.7 Å². The number of benzene rings is 2. The molecular weight excluding hydrogens is 299 g/mol. The first-order chi connectivity index (χ1) is 8.66. The Labute approximate surface area is 113 Å². The number of hydrogen-bond acceptors (Lipinski definition) is 2. The Morgan fingerprint density at radius 1 is 1.17 bits per heavy atom. The van der Waals surface area contributed by atoms with E-state index in [4.69, 9.17) is 4.74 Å². The van der Waals surface area contributed by atoms with Gasteiger partial charge in [0.1, 0.15) is 11.6 Å². The smallest absolute Gasteiger partial charge is 0.200 e. The van der Waals surface area contributed by atoms with E-state index in [0.29, 0.717) is 15.8 Å². The van der Waals surface area contributed by atoms with Crippen molar-refractivity contribution in [3.05, 3.63) is 64.4 Å². The quantitative estimate of drug-likeness (QED) is 0.802. The normalized spacial score (nSPS) is 10.1. The second kappa shape index (κ2) is 5.78. The molecule has 2 nitrogen and oxygen atoms in total. The zero-order chi connectivity index (χ0) is 13.0. The zero-order valence-corrected chi connectivity index (χ0v) is 11.0. The molecule has 0 aliphatic carbocycles. The Kier molecular flexibility index (Phi) is 4.10. The first kappa shape index (κ1) is 12.8. The molecule has 2 rings (SSSR count). The van der Waals surface area contributed by atoms with E-state index >= 15 is 0 Å². The van der Waals surface area contributed by atoms with Crippen LogP contribution in [0.15, 0.2) is 53.0 Å². The first-order valence-corrected chi connectivity index (χ1v) is 6.12. The van der Waals surface area contributed by atoms with Gasteiger partial charge in [0, 0.05) is 11.6 Å². The largest absolute Gasteiger partial charge is 0.485 e. The summed E-state index contributed by atoms with van der Waals surface area (Å²) in [5.41, 5.74) is 0.579. The van der Waals surface area contributed by atoms with Crippen molar-refractivity contribution < 1.29 is 13.9 Å². The highest BCUT2D eigenvalue weighted by Crippen LogP contribution is 2.21. The third kappa shape index (κ3) is 3.17. The number of carbonyl (C=O) groups is 1. The lowest BCUT2D eigenvalue weighted by atomic mass is 10.1. The molecule has 18 heavy (non-hydrogen) atoms. The topological polar surface area (TPSA) is 26.3 Å². The summed E-state index contributed by atoms with van der Waals surface area (Å²) in [7, 11) is 0. The molecule has 0 heterocycles. The van der Waals surface area contributed by atoms with E-state index in [0.717, 1.165) is 0 Å². The first-order valence-electron chi connectivity index (χ1n) is 5.33. The summed E-state index contributed by atoms with van der Waals surface area (Å²) >= 11 is 3.05. The SMILES string of the molecule is O=C(COc1ccc(Br)c(F)c1)c1ccccc1. The van der Waals surface area contributed by atoms with Gasteiger partial charge in [-0.05, 0) is 28.1 Å². The molecule has 0 radical (unpaired) electrons. The fourth-order valence-electron chi connectivity index (χ4n) is 1.42. The number of rotatable bonds is 4. The third-order valence-electron chi connectivity index (χ3n) is 2.36. The molecule has 0 unspecified atom stereocenters. The van der Waals surface area contributed by atoms with E-state index in [-0.39, 0.29) is 12.4 Å². The van der Waals surface area contributed by atoms with Gasteiger partial charge in [-0.3, -0.25) is 4.79 Å². The minimum Gasteiger partial charge on any atom is -0.485 e. The molecule has 2 aromatic carbocycles. The van der Waals surface area contributed by atoms with Gasteiger partial charge in [-0.25, -0.2) is 4.39 Å². The van der Waals surface area contributed by atoms with E-state index in [1.807, 2.05) is 6.07 Å². The van der Waals surface area contributed by atoms with Gasteiger partial charge in [-0.2, -0.15) is 0 Å². The highest BCUT2D eigenvalue weighted by atomic mass is 79.9. The molecule has 0 amide bonds. The molecule has 92 valence electrons. The van der Waals surface area contributed by atoms with Gasteiger partial charge >= 0.3 is 0 Å². The number of hydrogen-bond donors (Lipinski definition) is 0. The monoisotopic (exact) mass is 308 g/mol. The fraction of sp³-hybridized carbons (Fsp3) is 0.0714. The molecule has 0 atom stereocenters. The standard InChI is InChI=1S/C14H10BrFO2/c15-12-7-6-11(8-13(12)16)18-9-14(17)10-4-2-1-3-5-10/h1-8H,9H2. The van der Waals surface area contributed by atoms with Crippen molar-refractivity contribution in [1.29, 1.82) is 0 Å². The second-order valence-electron chi connectivity index (χ2n) is 3.65. The summed E-state index contributed by atoms with van der Waals surface area (Å²) in [6.07, 6.45) is 0. The van der Waals surface area contributed by atoms with Crippen LogP contribution >= 0.6 is 15.9 Å². The van der Waals surface area contributed by atoms with Crippen molar-refractivity contribution in [2.24, 2.45) is 0 Å². The lowest BCUT2D eigenvalue weighted by molar-refractivity contribution is 0.0921. The van der Waals surface area contributed by atoms with Crippen LogP contribution in [0.2, 0.25) is 0 Å². The molecule has 4 heteroatoms. The Morgan fingerprint density at radius 3 is 2.56 bits per heavy atom. The van der Waals surface area contributed by atoms with Crippen LogP contribution in [0, 0.1) is 5.82 Å². The van der Waals surface area contributed by atoms with Gasteiger partial charge in [0.15, 0.2) is 12.4 Å². The van der Waals surface area contributed by atoms with Gasteiger partial charge in [-0.1, -0.05) is 30.3 Å². The molecule has 0 fully saturated rings. The van der Waals surface area contributed by atoms with Crippen molar-refractivity contribution in [3.63, 3.8) is 0 Å². The highest BCUT2D eigenvalue weighted by Gasteiger charge is 2.07. The van der Waals surface area contributed by atoms with Crippen LogP contribution in [0.1, 0.15) is 10.4 Å². The van der Waals surface area contributed by atoms with E-state index in [2.05, 4.69) is 15.9 Å². The van der Waals surface area contributed by atoms with E-state index in [1.54, 1.807) is 30.3 Å². The number of carbonyl (C=O) groups excluding carboxylic acids is 1. The molecule has 2 aromatic rings. The maximum Gasteiger partial charge on any atom is 0.200 e. The fourth-order valence-corrected chi connectivity index (χ4v) is 1.67. The number of ether oxygens (including phenoxy) is 1. The van der Waals surface area contributed by atoms with Crippen LogP contribution in [0.3, 0.4) is 0 Å². The summed E-state index contributed by atoms with van der Waals surface area (Å²) in [5.74, 6) is -0.224. The van der Waals surface area contributed by atoms with Crippen molar-refractivity contribution in [3.8, 4) is 5.75 Å². The van der Waals surface area contributed by atoms with Gasteiger partial charge in [-0.15, -0.1) is 0 Å². The minimum absolute atomic E-state index is 0.106. The number of halogens is 2. The lowest BCUT2D eigenvalue weighted by Crippen LogP contribution is -2.11. The van der Waals surface area contributed by atoms with Gasteiger partial charge < -0.3 is 4.74 Å². The van der Waals surface area contributed by atoms with Crippen LogP contribution in [-0.2, 0) is 0 Å². The van der Waals surface area contributed by atoms with Crippen LogP contribution in [0.4, 0.5) is 4.39 Å². The summed E-state index contributed by atoms with van der Waals surface area (Å²) in [4.78, 5) is 11.7. The Balaban J connectivity index is 1.99. The maximum atomic E-state index is 13.2. The maximum absolute atomic E-state index is 13.2. The summed E-state index contributed by atoms with van der Waals surface area (Å²) in [5, 5.41) is 0. The molecule has 0 N–H and O–H groups in total. The van der Waals surface area contributed by atoms with E-state index in [9.17, 15) is 9.18 Å². The van der Waals surface area contributed by atoms with Gasteiger partial charge in [0.2, 0.25) is 0 Å². The van der Waals surface area contributed by atoms with Crippen LogP contribution < -0.4 is 4.74 Å². The molecule has 0 aliphatic rings. The summed E-state index contributed by atoms with van der Waals surface area (Å²) in [6, 6.07) is 13.2. The molecule has 0 aromatic heterocycles. The zero-order valence-electron chi connectivity index (χ0n) is 9.40. The predicted octanol–water partition coefficient (Wildman–Crippen LogP) is 3.85. The van der Waals surface area contributed by atoms with Crippen LogP contribution in [-0.4, -0.2) is 12.4 Å². The van der Waals surface area contributed by atoms with Gasteiger partial charge in [0.05, 0.1) is 4.47 Å². The summed E-state index contributed by atoms with van der Waals surface area (Å²) in [6.45, 7) is -0.106. The number of Topliss-reactive ketones (excluding diaryl/α,β-unsaturated/α-hetero) is 1. The molecule has 0 spiro atoms. The number of ketones is 1. The third-order valence-corrected chi connectivity index (χ3v) is 3.00. The van der Waals surface area contributed by atoms with Crippen LogP contribution in [0.5, 0.6) is 5.75 Å². The van der Waals surface area contributed by atoms with Crippen molar-refractivity contribution in [2.45, 2.75) is 0 Å². The minimum atomic E-state index is -0.417. The molecule has 0 saturated heterocycles. The van der Waals surface area contributed by atoms with E-state index < -0.39 is 5.82 Å². The Hall–Kier alpha value is -1.68. The lowest BCUT2D eigenvalue weighted by Gasteiger charge is -2.06. The van der Waals surface area contributed by atoms with E-state index in [1.165, 1.54) is 12.1 Å². The Bertz CT molecular complexity index is 555. The predicted molar refractivity (Wildman–Crippen MR) is 70.4 cm³/mol. The van der Waals surface area contributed by atoms with Gasteiger partial charge in [0.25, 0.3) is 0 Å². The van der Waals surface area contributed by atoms with Crippen molar-refractivity contribution in [1.82, 2.24) is 0 Å². The Morgan fingerprint density at radius 2 is 1.89 bits per heavy atom. The molecule has 0 bridgehead atoms. The van der Waals surface area contributed by atoms with Crippen LogP contribution in [0.25, 0.3) is 0 Å². The molecule has 0 saturated carbocycles.